The number of benzene rings is 2. The normalized spacial score (nSPS) is 12.0. The number of sulfonamides is 1. The van der Waals surface area contributed by atoms with E-state index in [0.29, 0.717) is 24.4 Å². The molecule has 0 aliphatic rings. The topological polar surface area (TPSA) is 96.0 Å². The van der Waals surface area contributed by atoms with Crippen molar-refractivity contribution in [3.63, 3.8) is 0 Å². The second kappa shape index (κ2) is 12.2. The summed E-state index contributed by atoms with van der Waals surface area (Å²) in [6.45, 7) is 4.04. The number of amides is 2. The fourth-order valence-electron chi connectivity index (χ4n) is 3.44. The fourth-order valence-corrected chi connectivity index (χ4v) is 4.29. The van der Waals surface area contributed by atoms with Crippen LogP contribution in [0, 0.1) is 0 Å². The maximum absolute atomic E-state index is 13.5. The highest BCUT2D eigenvalue weighted by molar-refractivity contribution is 7.92. The van der Waals surface area contributed by atoms with Crippen LogP contribution >= 0.6 is 0 Å². The van der Waals surface area contributed by atoms with Gasteiger partial charge in [0, 0.05) is 19.2 Å². The lowest BCUT2D eigenvalue weighted by atomic mass is 10.1. The summed E-state index contributed by atoms with van der Waals surface area (Å²) in [7, 11) is -2.30. The molecule has 0 fully saturated rings. The predicted molar refractivity (Wildman–Crippen MR) is 130 cm³/mol. The molecule has 2 rings (SSSR count). The third kappa shape index (κ3) is 7.49. The molecule has 33 heavy (non-hydrogen) atoms. The van der Waals surface area contributed by atoms with Crippen LogP contribution in [0.15, 0.2) is 54.6 Å². The Kier molecular flexibility index (Phi) is 9.72. The Morgan fingerprint density at radius 3 is 2.33 bits per heavy atom. The van der Waals surface area contributed by atoms with Crippen LogP contribution in [0.1, 0.15) is 32.3 Å². The van der Waals surface area contributed by atoms with Gasteiger partial charge in [-0.25, -0.2) is 8.42 Å². The minimum Gasteiger partial charge on any atom is -0.497 e. The van der Waals surface area contributed by atoms with E-state index in [2.05, 4.69) is 5.32 Å². The quantitative estimate of drug-likeness (QED) is 0.509. The van der Waals surface area contributed by atoms with Crippen molar-refractivity contribution in [1.82, 2.24) is 10.2 Å². The van der Waals surface area contributed by atoms with E-state index in [1.807, 2.05) is 44.2 Å². The van der Waals surface area contributed by atoms with Gasteiger partial charge in [0.2, 0.25) is 21.8 Å². The summed E-state index contributed by atoms with van der Waals surface area (Å²) in [5.41, 5.74) is 1.16. The first kappa shape index (κ1) is 26.2. The first-order chi connectivity index (χ1) is 15.7. The van der Waals surface area contributed by atoms with Gasteiger partial charge < -0.3 is 15.0 Å². The third-order valence-electron chi connectivity index (χ3n) is 5.15. The van der Waals surface area contributed by atoms with Crippen LogP contribution in [0.25, 0.3) is 0 Å². The van der Waals surface area contributed by atoms with Crippen molar-refractivity contribution in [3.05, 3.63) is 60.2 Å². The van der Waals surface area contributed by atoms with Gasteiger partial charge in [0.15, 0.2) is 0 Å². The summed E-state index contributed by atoms with van der Waals surface area (Å²) in [6, 6.07) is 15.1. The highest BCUT2D eigenvalue weighted by atomic mass is 32.2. The summed E-state index contributed by atoms with van der Waals surface area (Å²) in [5, 5.41) is 2.85. The van der Waals surface area contributed by atoms with Gasteiger partial charge in [-0.05, 0) is 30.5 Å². The average molecular weight is 476 g/mol. The fraction of sp³-hybridized carbons (Fsp3) is 0.417. The molecule has 0 bridgehead atoms. The zero-order chi connectivity index (χ0) is 24.4. The van der Waals surface area contributed by atoms with Crippen LogP contribution in [0.3, 0.4) is 0 Å². The molecule has 1 N–H and O–H groups in total. The first-order valence-corrected chi connectivity index (χ1v) is 12.8. The van der Waals surface area contributed by atoms with Gasteiger partial charge in [0.25, 0.3) is 0 Å². The molecule has 0 heterocycles. The van der Waals surface area contributed by atoms with Crippen LogP contribution in [0.5, 0.6) is 5.75 Å². The molecule has 0 aliphatic heterocycles. The van der Waals surface area contributed by atoms with Crippen LogP contribution < -0.4 is 14.4 Å². The number of carbonyl (C=O) groups is 2. The van der Waals surface area contributed by atoms with E-state index >= 15 is 0 Å². The molecule has 2 aromatic carbocycles. The first-order valence-electron chi connectivity index (χ1n) is 10.9. The summed E-state index contributed by atoms with van der Waals surface area (Å²) in [6.07, 6.45) is 2.21. The summed E-state index contributed by atoms with van der Waals surface area (Å²) in [4.78, 5) is 27.8. The van der Waals surface area contributed by atoms with Gasteiger partial charge >= 0.3 is 0 Å². The number of ether oxygens (including phenoxy) is 1. The van der Waals surface area contributed by atoms with Crippen molar-refractivity contribution in [3.8, 4) is 5.75 Å². The maximum Gasteiger partial charge on any atom is 0.244 e. The van der Waals surface area contributed by atoms with E-state index in [9.17, 15) is 18.0 Å². The number of rotatable bonds is 12. The Morgan fingerprint density at radius 1 is 1.06 bits per heavy atom. The van der Waals surface area contributed by atoms with Crippen molar-refractivity contribution < 1.29 is 22.7 Å². The number of carbonyl (C=O) groups excluding carboxylic acids is 2. The van der Waals surface area contributed by atoms with Gasteiger partial charge in [-0.1, -0.05) is 50.2 Å². The summed E-state index contributed by atoms with van der Waals surface area (Å²) in [5.74, 6) is -0.248. The van der Waals surface area contributed by atoms with Gasteiger partial charge in [-0.3, -0.25) is 13.9 Å². The molecule has 1 unspecified atom stereocenters. The van der Waals surface area contributed by atoms with Crippen molar-refractivity contribution in [2.24, 2.45) is 0 Å². The molecule has 0 aromatic heterocycles. The second-order valence-electron chi connectivity index (χ2n) is 7.69. The number of nitrogens with one attached hydrogen (secondary N) is 1. The lowest BCUT2D eigenvalue weighted by Gasteiger charge is -2.33. The number of nitrogens with zero attached hydrogens (tertiary/aromatic N) is 2. The monoisotopic (exact) mass is 475 g/mol. The molecule has 1 atom stereocenters. The third-order valence-corrected chi connectivity index (χ3v) is 6.29. The van der Waals surface area contributed by atoms with Gasteiger partial charge in [-0.15, -0.1) is 0 Å². The number of hydrogen-bond donors (Lipinski definition) is 1. The molecular formula is C24H33N3O5S. The van der Waals surface area contributed by atoms with Gasteiger partial charge in [0.1, 0.15) is 18.3 Å². The molecule has 180 valence electrons. The van der Waals surface area contributed by atoms with E-state index in [1.165, 1.54) is 12.0 Å². The zero-order valence-electron chi connectivity index (χ0n) is 19.7. The molecule has 2 amide bonds. The highest BCUT2D eigenvalue weighted by Crippen LogP contribution is 2.24. The van der Waals surface area contributed by atoms with Gasteiger partial charge in [0.05, 0.1) is 19.1 Å². The molecule has 0 aliphatic carbocycles. The molecular weight excluding hydrogens is 442 g/mol. The van der Waals surface area contributed by atoms with E-state index in [0.717, 1.165) is 22.5 Å². The smallest absolute Gasteiger partial charge is 0.244 e. The van der Waals surface area contributed by atoms with Crippen molar-refractivity contribution in [1.29, 1.82) is 0 Å². The Hall–Kier alpha value is -3.07. The van der Waals surface area contributed by atoms with Gasteiger partial charge in [-0.2, -0.15) is 0 Å². The Balaban J connectivity index is 2.40. The molecule has 0 saturated carbocycles. The van der Waals surface area contributed by atoms with E-state index in [-0.39, 0.29) is 12.5 Å². The highest BCUT2D eigenvalue weighted by Gasteiger charge is 2.31. The number of hydrogen-bond acceptors (Lipinski definition) is 5. The summed E-state index contributed by atoms with van der Waals surface area (Å²) >= 11 is 0. The molecule has 0 radical (unpaired) electrons. The van der Waals surface area contributed by atoms with Crippen LogP contribution in [0.2, 0.25) is 0 Å². The van der Waals surface area contributed by atoms with Crippen molar-refractivity contribution in [2.75, 3.05) is 30.8 Å². The van der Waals surface area contributed by atoms with E-state index < -0.39 is 28.5 Å². The Morgan fingerprint density at radius 2 is 1.76 bits per heavy atom. The SMILES string of the molecule is CCCNC(=O)C(CC)N(Cc1ccccc1)C(=O)CN(c1cccc(OC)c1)S(C)(=O)=O. The summed E-state index contributed by atoms with van der Waals surface area (Å²) < 4.78 is 31.4. The number of methoxy groups -OCH3 is 1. The molecule has 2 aromatic rings. The van der Waals surface area contributed by atoms with Crippen molar-refractivity contribution in [2.45, 2.75) is 39.3 Å². The van der Waals surface area contributed by atoms with Crippen LogP contribution in [-0.2, 0) is 26.2 Å². The molecule has 0 spiro atoms. The van der Waals surface area contributed by atoms with Crippen LogP contribution in [-0.4, -0.2) is 57.6 Å². The number of anilines is 1. The minimum absolute atomic E-state index is 0.188. The lowest BCUT2D eigenvalue weighted by molar-refractivity contribution is -0.140. The predicted octanol–water partition coefficient (Wildman–Crippen LogP) is 2.79. The lowest BCUT2D eigenvalue weighted by Crippen LogP contribution is -2.52. The largest absolute Gasteiger partial charge is 0.497 e. The molecule has 0 saturated heterocycles. The maximum atomic E-state index is 13.5. The molecule has 8 nitrogen and oxygen atoms in total. The average Bonchev–Trinajstić information content (AvgIpc) is 2.80. The van der Waals surface area contributed by atoms with E-state index in [4.69, 9.17) is 4.74 Å². The Labute approximate surface area is 196 Å². The van der Waals surface area contributed by atoms with Crippen LogP contribution in [0.4, 0.5) is 5.69 Å². The zero-order valence-corrected chi connectivity index (χ0v) is 20.5. The second-order valence-corrected chi connectivity index (χ2v) is 9.60. The minimum atomic E-state index is -3.78. The molecule has 9 heteroatoms. The van der Waals surface area contributed by atoms with E-state index in [1.54, 1.807) is 24.3 Å². The standard InChI is InChI=1S/C24H33N3O5S/c1-5-15-25-24(29)22(6-2)26(17-19-11-8-7-9-12-19)23(28)18-27(33(4,30)31)20-13-10-14-21(16-20)32-3/h7-14,16,22H,5-6,15,17-18H2,1-4H3,(H,25,29). The Bertz CT molecular complexity index is 1030. The van der Waals surface area contributed by atoms with Crippen molar-refractivity contribution >= 4 is 27.5 Å².